The number of benzene rings is 3. The maximum Gasteiger partial charge on any atom is 0.269 e. The summed E-state index contributed by atoms with van der Waals surface area (Å²) in [6, 6.07) is 23.9. The van der Waals surface area contributed by atoms with Gasteiger partial charge < -0.3 is 9.32 Å². The van der Waals surface area contributed by atoms with E-state index in [0.29, 0.717) is 23.2 Å². The molecule has 3 heterocycles. The van der Waals surface area contributed by atoms with Gasteiger partial charge in [-0.25, -0.2) is 9.98 Å². The highest BCUT2D eigenvalue weighted by molar-refractivity contribution is 8.19. The molecule has 37 heavy (non-hydrogen) atoms. The van der Waals surface area contributed by atoms with Gasteiger partial charge in [-0.2, -0.15) is 0 Å². The predicted molar refractivity (Wildman–Crippen MR) is 153 cm³/mol. The van der Waals surface area contributed by atoms with E-state index in [1.807, 2.05) is 65.6 Å². The Morgan fingerprint density at radius 3 is 2.57 bits per heavy atom. The molecule has 1 saturated heterocycles. The summed E-state index contributed by atoms with van der Waals surface area (Å²) in [7, 11) is 0. The zero-order valence-electron chi connectivity index (χ0n) is 20.7. The number of rotatable bonds is 6. The van der Waals surface area contributed by atoms with E-state index in [4.69, 9.17) is 9.41 Å². The maximum atomic E-state index is 13.7. The van der Waals surface area contributed by atoms with Crippen LogP contribution in [0.3, 0.4) is 0 Å². The average molecular weight is 527 g/mol. The number of carbonyl (C=O) groups excluding carboxylic acids is 1. The molecule has 0 unspecified atom stereocenters. The van der Waals surface area contributed by atoms with Crippen LogP contribution in [0.4, 0.5) is 11.4 Å². The summed E-state index contributed by atoms with van der Waals surface area (Å²) in [5.74, 6) is 0.609. The van der Waals surface area contributed by atoms with Crippen LogP contribution in [-0.2, 0) is 4.79 Å². The molecule has 0 aliphatic carbocycles. The largest absolute Gasteiger partial charge is 0.436 e. The van der Waals surface area contributed by atoms with Crippen LogP contribution in [0, 0.1) is 0 Å². The molecule has 6 nitrogen and oxygen atoms in total. The number of unbranched alkanes of at least 4 members (excludes halogenated alkanes) is 1. The third kappa shape index (κ3) is 4.45. The van der Waals surface area contributed by atoms with Crippen molar-refractivity contribution in [1.29, 1.82) is 0 Å². The lowest BCUT2D eigenvalue weighted by atomic mass is 10.2. The quantitative estimate of drug-likeness (QED) is 0.240. The zero-order chi connectivity index (χ0) is 25.4. The molecule has 2 aliphatic rings. The Labute approximate surface area is 224 Å². The molecule has 0 radical (unpaired) electrons. The summed E-state index contributed by atoms with van der Waals surface area (Å²) >= 11 is 3.13. The number of hydrogen-bond donors (Lipinski definition) is 0. The second kappa shape index (κ2) is 10.1. The topological polar surface area (TPSA) is 61.9 Å². The number of aromatic nitrogens is 1. The summed E-state index contributed by atoms with van der Waals surface area (Å²) in [5, 5.41) is 1.69. The van der Waals surface area contributed by atoms with E-state index >= 15 is 0 Å². The number of amidine groups is 1. The van der Waals surface area contributed by atoms with Gasteiger partial charge in [-0.1, -0.05) is 55.4 Å². The van der Waals surface area contributed by atoms with Gasteiger partial charge in [0.1, 0.15) is 15.5 Å². The third-order valence-electron chi connectivity index (χ3n) is 6.33. The van der Waals surface area contributed by atoms with Gasteiger partial charge >= 0.3 is 0 Å². The minimum atomic E-state index is 0.0260. The molecule has 0 N–H and O–H groups in total. The van der Waals surface area contributed by atoms with Gasteiger partial charge in [0.05, 0.1) is 11.4 Å². The number of carbonyl (C=O) groups is 1. The number of oxazole rings is 1. The van der Waals surface area contributed by atoms with Crippen molar-refractivity contribution < 1.29 is 9.21 Å². The van der Waals surface area contributed by atoms with Gasteiger partial charge in [0, 0.05) is 29.6 Å². The van der Waals surface area contributed by atoms with Crippen molar-refractivity contribution in [3.8, 4) is 11.5 Å². The smallest absolute Gasteiger partial charge is 0.269 e. The van der Waals surface area contributed by atoms with Gasteiger partial charge in [-0.3, -0.25) is 9.69 Å². The lowest BCUT2D eigenvalue weighted by Crippen LogP contribution is -2.30. The molecule has 6 rings (SSSR count). The van der Waals surface area contributed by atoms with Crippen molar-refractivity contribution >= 4 is 57.1 Å². The highest BCUT2D eigenvalue weighted by atomic mass is 32.2. The Balaban J connectivity index is 1.37. The van der Waals surface area contributed by atoms with Crippen molar-refractivity contribution in [1.82, 2.24) is 9.88 Å². The highest BCUT2D eigenvalue weighted by Gasteiger charge is 2.39. The Kier molecular flexibility index (Phi) is 6.52. The van der Waals surface area contributed by atoms with Crippen LogP contribution in [-0.4, -0.2) is 34.0 Å². The van der Waals surface area contributed by atoms with E-state index in [1.54, 1.807) is 11.8 Å². The molecule has 1 aromatic heterocycles. The SMILES string of the molecule is CCCCN1C(=O)C(=C2Sc3ccccc3N2CC)SC1=Nc1ccc2nc(-c3ccccc3)oc2c1. The number of thioether (sulfide) groups is 2. The Morgan fingerprint density at radius 1 is 0.946 bits per heavy atom. The second-order valence-electron chi connectivity index (χ2n) is 8.79. The van der Waals surface area contributed by atoms with E-state index < -0.39 is 0 Å². The fraction of sp³-hybridized carbons (Fsp3) is 0.207. The molecular formula is C29H26N4O2S2. The maximum absolute atomic E-state index is 13.7. The Hall–Kier alpha value is -3.49. The van der Waals surface area contributed by atoms with Gasteiger partial charge in [0.15, 0.2) is 10.8 Å². The lowest BCUT2D eigenvalue weighted by molar-refractivity contribution is -0.122. The molecule has 0 saturated carbocycles. The van der Waals surface area contributed by atoms with Crippen molar-refractivity contribution in [3.05, 3.63) is 82.7 Å². The molecule has 8 heteroatoms. The fourth-order valence-electron chi connectivity index (χ4n) is 4.45. The molecule has 0 atom stereocenters. The average Bonchev–Trinajstić information content (AvgIpc) is 3.61. The van der Waals surface area contributed by atoms with Gasteiger partial charge in [-0.05, 0) is 61.5 Å². The number of anilines is 1. The third-order valence-corrected chi connectivity index (χ3v) is 8.71. The molecule has 186 valence electrons. The molecule has 1 fully saturated rings. The molecule has 0 spiro atoms. The minimum absolute atomic E-state index is 0.0260. The predicted octanol–water partition coefficient (Wildman–Crippen LogP) is 7.66. The van der Waals surface area contributed by atoms with Crippen LogP contribution in [0.15, 0.2) is 97.0 Å². The van der Waals surface area contributed by atoms with Crippen LogP contribution in [0.5, 0.6) is 0 Å². The first kappa shape index (κ1) is 23.9. The first-order valence-electron chi connectivity index (χ1n) is 12.5. The number of aliphatic imine (C=N–C) groups is 1. The van der Waals surface area contributed by atoms with Crippen molar-refractivity contribution in [2.24, 2.45) is 4.99 Å². The number of para-hydroxylation sites is 1. The Morgan fingerprint density at radius 2 is 1.76 bits per heavy atom. The van der Waals surface area contributed by atoms with Crippen molar-refractivity contribution in [2.45, 2.75) is 31.6 Å². The number of hydrogen-bond acceptors (Lipinski definition) is 7. The molecule has 0 bridgehead atoms. The summed E-state index contributed by atoms with van der Waals surface area (Å²) in [6.07, 6.45) is 1.92. The van der Waals surface area contributed by atoms with Crippen molar-refractivity contribution in [3.63, 3.8) is 0 Å². The minimum Gasteiger partial charge on any atom is -0.436 e. The van der Waals surface area contributed by atoms with Crippen LogP contribution < -0.4 is 4.90 Å². The molecular weight excluding hydrogens is 500 g/mol. The fourth-order valence-corrected chi connectivity index (χ4v) is 6.87. The highest BCUT2D eigenvalue weighted by Crippen LogP contribution is 2.50. The summed E-state index contributed by atoms with van der Waals surface area (Å²) in [4.78, 5) is 29.2. The van der Waals surface area contributed by atoms with E-state index in [1.165, 1.54) is 16.7 Å². The van der Waals surface area contributed by atoms with Crippen molar-refractivity contribution in [2.75, 3.05) is 18.0 Å². The first-order chi connectivity index (χ1) is 18.2. The molecule has 3 aromatic carbocycles. The molecule has 4 aromatic rings. The molecule has 2 aliphatic heterocycles. The lowest BCUT2D eigenvalue weighted by Gasteiger charge is -2.19. The summed E-state index contributed by atoms with van der Waals surface area (Å²) in [6.45, 7) is 5.69. The van der Waals surface area contributed by atoms with E-state index in [0.717, 1.165) is 51.8 Å². The van der Waals surface area contributed by atoms with Crippen LogP contribution >= 0.6 is 23.5 Å². The molecule has 1 amide bonds. The van der Waals surface area contributed by atoms with E-state index in [9.17, 15) is 4.79 Å². The van der Waals surface area contributed by atoms with Crippen LogP contribution in [0.25, 0.3) is 22.6 Å². The van der Waals surface area contributed by atoms with Gasteiger partial charge in [0.2, 0.25) is 5.89 Å². The van der Waals surface area contributed by atoms with Crippen LogP contribution in [0.2, 0.25) is 0 Å². The van der Waals surface area contributed by atoms with Gasteiger partial charge in [0.25, 0.3) is 5.91 Å². The summed E-state index contributed by atoms with van der Waals surface area (Å²) < 4.78 is 6.05. The monoisotopic (exact) mass is 526 g/mol. The normalized spacial score (nSPS) is 18.4. The zero-order valence-corrected chi connectivity index (χ0v) is 22.3. The van der Waals surface area contributed by atoms with Gasteiger partial charge in [-0.15, -0.1) is 0 Å². The number of nitrogens with zero attached hydrogens (tertiary/aromatic N) is 4. The standard InChI is InChI=1S/C29H26N4O2S2/c1-3-5-17-33-27(34)25(28-32(4-2)22-13-9-10-14-24(22)36-28)37-29(33)30-20-15-16-21-23(18-20)35-26(31-21)19-11-7-6-8-12-19/h6-16,18H,3-5,17H2,1-2H3. The number of fused-ring (bicyclic) bond motifs is 2. The number of amides is 1. The first-order valence-corrected chi connectivity index (χ1v) is 14.1. The van der Waals surface area contributed by atoms with E-state index in [2.05, 4.69) is 35.9 Å². The second-order valence-corrected chi connectivity index (χ2v) is 10.8. The van der Waals surface area contributed by atoms with Crippen LogP contribution in [0.1, 0.15) is 26.7 Å². The Bertz CT molecular complexity index is 1540. The van der Waals surface area contributed by atoms with E-state index in [-0.39, 0.29) is 5.91 Å². The summed E-state index contributed by atoms with van der Waals surface area (Å²) in [5.41, 5.74) is 4.28.